The van der Waals surface area contributed by atoms with Gasteiger partial charge in [-0.05, 0) is 55.4 Å². The number of hydrogen-bond donors (Lipinski definition) is 1. The minimum atomic E-state index is -3.73. The van der Waals surface area contributed by atoms with E-state index in [2.05, 4.69) is 5.32 Å². The first kappa shape index (κ1) is 18.0. The molecule has 0 spiro atoms. The first-order valence-electron chi connectivity index (χ1n) is 9.40. The summed E-state index contributed by atoms with van der Waals surface area (Å²) in [6, 6.07) is 15.4. The Labute approximate surface area is 160 Å². The third-order valence-corrected chi connectivity index (χ3v) is 7.73. The predicted octanol–water partition coefficient (Wildman–Crippen LogP) is 3.43. The second kappa shape index (κ2) is 7.00. The van der Waals surface area contributed by atoms with Gasteiger partial charge in [0.05, 0.1) is 16.1 Å². The van der Waals surface area contributed by atoms with Gasteiger partial charge in [0.25, 0.3) is 15.9 Å². The van der Waals surface area contributed by atoms with E-state index in [1.807, 2.05) is 0 Å². The summed E-state index contributed by atoms with van der Waals surface area (Å²) < 4.78 is 27.1. The molecule has 4 rings (SSSR count). The lowest BCUT2D eigenvalue weighted by Gasteiger charge is -2.25. The van der Waals surface area contributed by atoms with Crippen molar-refractivity contribution in [1.82, 2.24) is 5.32 Å². The van der Waals surface area contributed by atoms with Crippen LogP contribution < -0.4 is 9.62 Å². The van der Waals surface area contributed by atoms with E-state index in [4.69, 9.17) is 0 Å². The summed E-state index contributed by atoms with van der Waals surface area (Å²) in [5, 5.41) is 3.15. The lowest BCUT2D eigenvalue weighted by molar-refractivity contribution is 0.0923. The Balaban J connectivity index is 1.60. The van der Waals surface area contributed by atoms with Crippen LogP contribution in [-0.2, 0) is 10.0 Å². The van der Waals surface area contributed by atoms with Crippen LogP contribution >= 0.6 is 0 Å². The molecule has 0 aromatic heterocycles. The van der Waals surface area contributed by atoms with E-state index in [1.165, 1.54) is 30.6 Å². The Kier molecular flexibility index (Phi) is 4.68. The molecule has 2 saturated carbocycles. The monoisotopic (exact) mass is 384 g/mol. The van der Waals surface area contributed by atoms with Gasteiger partial charge in [-0.25, -0.2) is 8.42 Å². The van der Waals surface area contributed by atoms with Crippen molar-refractivity contribution >= 4 is 21.6 Å². The number of nitrogens with zero attached hydrogens (tertiary/aromatic N) is 1. The lowest BCUT2D eigenvalue weighted by atomic mass is 9.95. The fraction of sp³-hybridized carbons (Fsp3) is 0.381. The molecule has 0 unspecified atom stereocenters. The predicted molar refractivity (Wildman–Crippen MR) is 105 cm³/mol. The largest absolute Gasteiger partial charge is 0.349 e. The molecule has 0 radical (unpaired) electrons. The quantitative estimate of drug-likeness (QED) is 0.859. The molecular formula is C21H24N2O3S. The number of para-hydroxylation sites is 1. The Morgan fingerprint density at radius 1 is 1.00 bits per heavy atom. The zero-order valence-electron chi connectivity index (χ0n) is 15.3. The van der Waals surface area contributed by atoms with Gasteiger partial charge in [-0.15, -0.1) is 0 Å². The van der Waals surface area contributed by atoms with Gasteiger partial charge in [-0.3, -0.25) is 9.10 Å². The van der Waals surface area contributed by atoms with Gasteiger partial charge in [-0.2, -0.15) is 0 Å². The van der Waals surface area contributed by atoms with Gasteiger partial charge in [0, 0.05) is 13.1 Å². The number of anilines is 1. The van der Waals surface area contributed by atoms with Crippen molar-refractivity contribution in [2.45, 2.75) is 36.6 Å². The first-order valence-corrected chi connectivity index (χ1v) is 10.8. The van der Waals surface area contributed by atoms with Crippen molar-refractivity contribution in [1.29, 1.82) is 0 Å². The van der Waals surface area contributed by atoms with Gasteiger partial charge in [-0.1, -0.05) is 36.8 Å². The molecular weight excluding hydrogens is 360 g/mol. The van der Waals surface area contributed by atoms with Gasteiger partial charge in [0.1, 0.15) is 0 Å². The second-order valence-electron chi connectivity index (χ2n) is 7.56. The topological polar surface area (TPSA) is 66.5 Å². The van der Waals surface area contributed by atoms with Crippen molar-refractivity contribution in [3.05, 3.63) is 60.2 Å². The van der Waals surface area contributed by atoms with E-state index in [9.17, 15) is 13.2 Å². The number of carbonyl (C=O) groups is 1. The highest BCUT2D eigenvalue weighted by Crippen LogP contribution is 2.44. The maximum atomic E-state index is 13.0. The summed E-state index contributed by atoms with van der Waals surface area (Å²) in [5.41, 5.74) is 0.782. The highest BCUT2D eigenvalue weighted by molar-refractivity contribution is 7.92. The third-order valence-electron chi connectivity index (χ3n) is 5.94. The van der Waals surface area contributed by atoms with Crippen molar-refractivity contribution in [3.8, 4) is 0 Å². The summed E-state index contributed by atoms with van der Waals surface area (Å²) in [5.74, 6) is 1.10. The van der Waals surface area contributed by atoms with Crippen LogP contribution in [0.15, 0.2) is 59.5 Å². The van der Waals surface area contributed by atoms with Gasteiger partial charge < -0.3 is 5.32 Å². The molecule has 0 saturated heterocycles. The molecule has 2 aliphatic rings. The summed E-state index contributed by atoms with van der Waals surface area (Å²) in [6.45, 7) is 0. The summed E-state index contributed by atoms with van der Waals surface area (Å²) >= 11 is 0. The number of benzene rings is 2. The van der Waals surface area contributed by atoms with Crippen LogP contribution in [0.4, 0.5) is 5.69 Å². The van der Waals surface area contributed by atoms with Crippen molar-refractivity contribution < 1.29 is 13.2 Å². The minimum Gasteiger partial charge on any atom is -0.349 e. The average Bonchev–Trinajstić information content (AvgIpc) is 3.31. The maximum Gasteiger partial charge on any atom is 0.264 e. The number of sulfonamides is 1. The summed E-state index contributed by atoms with van der Waals surface area (Å²) in [7, 11) is -2.24. The number of nitrogens with one attached hydrogen (secondary N) is 1. The zero-order valence-corrected chi connectivity index (χ0v) is 16.2. The normalized spacial score (nSPS) is 24.0. The standard InChI is InChI=1S/C21H24N2O3S/c1-23(27(25,26)17-7-3-2-4-8-17)20-10-6-5-9-18(20)21(24)22-19-14-15-11-12-16(19)13-15/h2-10,15-16,19H,11-14H2,1H3,(H,22,24)/t15-,16-,19-/m0/s1. The molecule has 1 amide bonds. The smallest absolute Gasteiger partial charge is 0.264 e. The Morgan fingerprint density at radius 3 is 2.37 bits per heavy atom. The first-order chi connectivity index (χ1) is 13.0. The van der Waals surface area contributed by atoms with Crippen LogP contribution in [0.25, 0.3) is 0 Å². The fourth-order valence-corrected chi connectivity index (χ4v) is 5.72. The molecule has 0 heterocycles. The number of carbonyl (C=O) groups excluding carboxylic acids is 1. The van der Waals surface area contributed by atoms with Crippen LogP contribution in [-0.4, -0.2) is 27.4 Å². The molecule has 0 aliphatic heterocycles. The Bertz CT molecular complexity index is 943. The number of hydrogen-bond acceptors (Lipinski definition) is 3. The molecule has 3 atom stereocenters. The third kappa shape index (κ3) is 3.34. The maximum absolute atomic E-state index is 13.0. The Morgan fingerprint density at radius 2 is 1.70 bits per heavy atom. The molecule has 5 nitrogen and oxygen atoms in total. The van der Waals surface area contributed by atoms with Crippen molar-refractivity contribution in [3.63, 3.8) is 0 Å². The SMILES string of the molecule is CN(c1ccccc1C(=O)N[C@H]1C[C@H]2CC[C@H]1C2)S(=O)(=O)c1ccccc1. The average molecular weight is 385 g/mol. The Hall–Kier alpha value is -2.34. The molecule has 1 N–H and O–H groups in total. The molecule has 6 heteroatoms. The van der Waals surface area contributed by atoms with E-state index >= 15 is 0 Å². The molecule has 2 aromatic rings. The van der Waals surface area contributed by atoms with Crippen LogP contribution in [0.3, 0.4) is 0 Å². The molecule has 27 heavy (non-hydrogen) atoms. The van der Waals surface area contributed by atoms with Gasteiger partial charge >= 0.3 is 0 Å². The molecule has 142 valence electrons. The van der Waals surface area contributed by atoms with Crippen molar-refractivity contribution in [2.24, 2.45) is 11.8 Å². The summed E-state index contributed by atoms with van der Waals surface area (Å²) in [4.78, 5) is 13.1. The number of rotatable bonds is 5. The van der Waals surface area contributed by atoms with Crippen molar-refractivity contribution in [2.75, 3.05) is 11.4 Å². The zero-order chi connectivity index (χ0) is 19.0. The minimum absolute atomic E-state index is 0.196. The number of fused-ring (bicyclic) bond motifs is 2. The molecule has 2 bridgehead atoms. The van der Waals surface area contributed by atoms with E-state index in [0.717, 1.165) is 12.3 Å². The highest BCUT2D eigenvalue weighted by atomic mass is 32.2. The fourth-order valence-electron chi connectivity index (χ4n) is 4.49. The second-order valence-corrected chi connectivity index (χ2v) is 9.53. The highest BCUT2D eigenvalue weighted by Gasteiger charge is 2.40. The van der Waals surface area contributed by atoms with E-state index in [-0.39, 0.29) is 16.8 Å². The van der Waals surface area contributed by atoms with Crippen LogP contribution in [0.1, 0.15) is 36.0 Å². The van der Waals surface area contributed by atoms with Gasteiger partial charge in [0.15, 0.2) is 0 Å². The van der Waals surface area contributed by atoms with E-state index < -0.39 is 10.0 Å². The molecule has 2 fully saturated rings. The summed E-state index contributed by atoms with van der Waals surface area (Å²) in [6.07, 6.45) is 4.69. The number of amides is 1. The van der Waals surface area contributed by atoms with Crippen LogP contribution in [0.2, 0.25) is 0 Å². The lowest BCUT2D eigenvalue weighted by Crippen LogP contribution is -2.39. The van der Waals surface area contributed by atoms with Crippen LogP contribution in [0, 0.1) is 11.8 Å². The van der Waals surface area contributed by atoms with E-state index in [0.29, 0.717) is 17.2 Å². The van der Waals surface area contributed by atoms with Gasteiger partial charge in [0.2, 0.25) is 0 Å². The molecule has 2 aromatic carbocycles. The molecule has 2 aliphatic carbocycles. The van der Waals surface area contributed by atoms with E-state index in [1.54, 1.807) is 54.6 Å². The van der Waals surface area contributed by atoms with Crippen LogP contribution in [0.5, 0.6) is 0 Å².